The highest BCUT2D eigenvalue weighted by Crippen LogP contribution is 2.30. The highest BCUT2D eigenvalue weighted by atomic mass is 32.2. The Bertz CT molecular complexity index is 1090. The molecule has 2 amide bonds. The van der Waals surface area contributed by atoms with Gasteiger partial charge in [0.25, 0.3) is 5.91 Å². The average Bonchev–Trinajstić information content (AvgIpc) is 2.73. The number of rotatable bonds is 6. The van der Waals surface area contributed by atoms with Crippen molar-refractivity contribution in [3.05, 3.63) is 83.9 Å². The van der Waals surface area contributed by atoms with Gasteiger partial charge in [-0.25, -0.2) is 0 Å². The fourth-order valence-electron chi connectivity index (χ4n) is 2.60. The van der Waals surface area contributed by atoms with Crippen LogP contribution in [0.4, 0.5) is 24.5 Å². The van der Waals surface area contributed by atoms with Crippen molar-refractivity contribution in [2.45, 2.75) is 11.1 Å². The van der Waals surface area contributed by atoms with Gasteiger partial charge in [0, 0.05) is 21.8 Å². The monoisotopic (exact) mass is 446 g/mol. The van der Waals surface area contributed by atoms with E-state index >= 15 is 0 Å². The Labute approximate surface area is 180 Å². The molecule has 31 heavy (non-hydrogen) atoms. The van der Waals surface area contributed by atoms with Crippen LogP contribution >= 0.6 is 11.8 Å². The van der Waals surface area contributed by atoms with E-state index < -0.39 is 17.6 Å². The third kappa shape index (κ3) is 6.51. The summed E-state index contributed by atoms with van der Waals surface area (Å²) in [6.07, 6.45) is -4.51. The Morgan fingerprint density at radius 1 is 0.871 bits per heavy atom. The van der Waals surface area contributed by atoms with Gasteiger partial charge >= 0.3 is 6.18 Å². The smallest absolute Gasteiger partial charge is 0.416 e. The molecule has 0 bridgehead atoms. The number of amides is 2. The van der Waals surface area contributed by atoms with Gasteiger partial charge in [-0.15, -0.1) is 11.8 Å². The lowest BCUT2D eigenvalue weighted by atomic mass is 10.1. The van der Waals surface area contributed by atoms with Crippen LogP contribution < -0.4 is 10.6 Å². The summed E-state index contributed by atoms with van der Waals surface area (Å²) in [7, 11) is 0. The van der Waals surface area contributed by atoms with Crippen LogP contribution in [0.2, 0.25) is 0 Å². The van der Waals surface area contributed by atoms with E-state index in [1.54, 1.807) is 24.3 Å². The normalized spacial score (nSPS) is 11.1. The fourth-order valence-corrected chi connectivity index (χ4v) is 3.30. The number of thioether (sulfide) groups is 1. The second-order valence-corrected chi connectivity index (χ2v) is 7.49. The van der Waals surface area contributed by atoms with Crippen molar-refractivity contribution in [3.8, 4) is 5.75 Å². The van der Waals surface area contributed by atoms with E-state index in [0.29, 0.717) is 5.69 Å². The zero-order valence-electron chi connectivity index (χ0n) is 15.9. The molecule has 5 nitrogen and oxygen atoms in total. The Hall–Kier alpha value is -3.46. The minimum Gasteiger partial charge on any atom is -0.508 e. The molecule has 9 heteroatoms. The molecule has 3 rings (SSSR count). The Balaban J connectivity index is 1.61. The van der Waals surface area contributed by atoms with Crippen molar-refractivity contribution in [2.75, 3.05) is 16.4 Å². The number of alkyl halides is 3. The van der Waals surface area contributed by atoms with Gasteiger partial charge < -0.3 is 15.7 Å². The van der Waals surface area contributed by atoms with Gasteiger partial charge in [0.2, 0.25) is 5.91 Å². The molecule has 3 aromatic carbocycles. The highest BCUT2D eigenvalue weighted by Gasteiger charge is 2.30. The van der Waals surface area contributed by atoms with Crippen LogP contribution in [0.25, 0.3) is 0 Å². The molecule has 0 aliphatic carbocycles. The fraction of sp³-hybridized carbons (Fsp3) is 0.0909. The van der Waals surface area contributed by atoms with Gasteiger partial charge in [0.1, 0.15) is 5.75 Å². The number of phenolic OH excluding ortho intramolecular Hbond substituents is 1. The van der Waals surface area contributed by atoms with Crippen molar-refractivity contribution in [2.24, 2.45) is 0 Å². The van der Waals surface area contributed by atoms with E-state index in [4.69, 9.17) is 0 Å². The van der Waals surface area contributed by atoms with Crippen LogP contribution in [0.15, 0.2) is 77.7 Å². The summed E-state index contributed by atoms with van der Waals surface area (Å²) in [5, 5.41) is 14.4. The van der Waals surface area contributed by atoms with Gasteiger partial charge in [-0.1, -0.05) is 12.1 Å². The molecule has 0 radical (unpaired) electrons. The molecule has 3 N–H and O–H groups in total. The molecule has 0 aromatic heterocycles. The maximum Gasteiger partial charge on any atom is 0.416 e. The van der Waals surface area contributed by atoms with Crippen molar-refractivity contribution < 1.29 is 27.9 Å². The second kappa shape index (κ2) is 9.57. The average molecular weight is 446 g/mol. The lowest BCUT2D eigenvalue weighted by Gasteiger charge is -2.11. The minimum absolute atomic E-state index is 0.0135. The largest absolute Gasteiger partial charge is 0.508 e. The molecule has 0 fully saturated rings. The van der Waals surface area contributed by atoms with Crippen molar-refractivity contribution in [1.82, 2.24) is 0 Å². The Morgan fingerprint density at radius 3 is 2.19 bits per heavy atom. The maximum atomic E-state index is 12.8. The highest BCUT2D eigenvalue weighted by molar-refractivity contribution is 8.00. The Kier molecular flexibility index (Phi) is 6.86. The van der Waals surface area contributed by atoms with Crippen LogP contribution in [0, 0.1) is 0 Å². The maximum absolute atomic E-state index is 12.8. The van der Waals surface area contributed by atoms with Gasteiger partial charge in [0.15, 0.2) is 0 Å². The third-order valence-corrected chi connectivity index (χ3v) is 5.07. The van der Waals surface area contributed by atoms with E-state index in [-0.39, 0.29) is 28.7 Å². The predicted molar refractivity (Wildman–Crippen MR) is 113 cm³/mol. The first-order valence-electron chi connectivity index (χ1n) is 9.01. The number of carbonyl (C=O) groups is 2. The molecular weight excluding hydrogens is 429 g/mol. The minimum atomic E-state index is -4.51. The lowest BCUT2D eigenvalue weighted by Crippen LogP contribution is -2.16. The van der Waals surface area contributed by atoms with Gasteiger partial charge in [0.05, 0.1) is 11.3 Å². The van der Waals surface area contributed by atoms with Crippen LogP contribution in [0.3, 0.4) is 0 Å². The molecule has 0 saturated carbocycles. The van der Waals surface area contributed by atoms with E-state index in [0.717, 1.165) is 17.0 Å². The first kappa shape index (κ1) is 22.2. The number of carbonyl (C=O) groups excluding carboxylic acids is 2. The van der Waals surface area contributed by atoms with Crippen LogP contribution in [0.1, 0.15) is 15.9 Å². The molecule has 0 unspecified atom stereocenters. The second-order valence-electron chi connectivity index (χ2n) is 6.44. The Morgan fingerprint density at radius 2 is 1.52 bits per heavy atom. The molecule has 0 heterocycles. The van der Waals surface area contributed by atoms with Gasteiger partial charge in [-0.05, 0) is 60.7 Å². The first-order chi connectivity index (χ1) is 14.7. The molecule has 160 valence electrons. The topological polar surface area (TPSA) is 78.4 Å². The quantitative estimate of drug-likeness (QED) is 0.444. The molecule has 0 atom stereocenters. The van der Waals surface area contributed by atoms with Gasteiger partial charge in [-0.2, -0.15) is 13.2 Å². The number of hydrogen-bond donors (Lipinski definition) is 3. The number of hydrogen-bond acceptors (Lipinski definition) is 4. The summed E-state index contributed by atoms with van der Waals surface area (Å²) < 4.78 is 38.5. The summed E-state index contributed by atoms with van der Waals surface area (Å²) in [5.74, 6) is -0.651. The van der Waals surface area contributed by atoms with E-state index in [1.807, 2.05) is 0 Å². The third-order valence-electron chi connectivity index (χ3n) is 4.06. The standard InChI is InChI=1S/C22H17F3N2O3S/c23-22(24,25)15-4-2-6-17(12-15)27-21(30)14-3-1-5-16(11-14)26-20(29)13-31-19-9-7-18(28)8-10-19/h1-12,28H,13H2,(H,26,29)(H,27,30). The summed E-state index contributed by atoms with van der Waals surface area (Å²) >= 11 is 1.28. The zero-order valence-corrected chi connectivity index (χ0v) is 16.8. The van der Waals surface area contributed by atoms with Crippen molar-refractivity contribution in [3.63, 3.8) is 0 Å². The molecule has 0 aliphatic heterocycles. The number of phenols is 1. The number of benzene rings is 3. The predicted octanol–water partition coefficient (Wildman–Crippen LogP) is 5.39. The number of halogens is 3. The van der Waals surface area contributed by atoms with Crippen molar-refractivity contribution in [1.29, 1.82) is 0 Å². The number of nitrogens with one attached hydrogen (secondary N) is 2. The zero-order chi connectivity index (χ0) is 22.4. The molecule has 3 aromatic rings. The number of aromatic hydroxyl groups is 1. The summed E-state index contributed by atoms with van der Waals surface area (Å²) in [6.45, 7) is 0. The van der Waals surface area contributed by atoms with Crippen LogP contribution in [-0.2, 0) is 11.0 Å². The first-order valence-corrected chi connectivity index (χ1v) is 9.99. The summed E-state index contributed by atoms with van der Waals surface area (Å²) in [6, 6.07) is 16.8. The SMILES string of the molecule is O=C(CSc1ccc(O)cc1)Nc1cccc(C(=O)Nc2cccc(C(F)(F)F)c2)c1. The molecule has 0 spiro atoms. The molecule has 0 aliphatic rings. The summed E-state index contributed by atoms with van der Waals surface area (Å²) in [4.78, 5) is 25.4. The van der Waals surface area contributed by atoms with E-state index in [9.17, 15) is 27.9 Å². The molecular formula is C22H17F3N2O3S. The van der Waals surface area contributed by atoms with Gasteiger partial charge in [-0.3, -0.25) is 9.59 Å². The summed E-state index contributed by atoms with van der Waals surface area (Å²) in [5.41, 5.74) is -0.286. The van der Waals surface area contributed by atoms with Crippen LogP contribution in [0.5, 0.6) is 5.75 Å². The van der Waals surface area contributed by atoms with Crippen molar-refractivity contribution >= 4 is 35.0 Å². The number of anilines is 2. The molecule has 0 saturated heterocycles. The van der Waals surface area contributed by atoms with E-state index in [2.05, 4.69) is 10.6 Å². The van der Waals surface area contributed by atoms with E-state index in [1.165, 1.54) is 48.2 Å². The van der Waals surface area contributed by atoms with Crippen LogP contribution in [-0.4, -0.2) is 22.7 Å². The lowest BCUT2D eigenvalue weighted by molar-refractivity contribution is -0.137.